The lowest BCUT2D eigenvalue weighted by Crippen LogP contribution is -2.56. The second-order valence-electron chi connectivity index (χ2n) is 7.98. The Morgan fingerprint density at radius 2 is 1.23 bits per heavy atom. The number of nitrogens with one attached hydrogen (secondary N) is 3. The smallest absolute Gasteiger partial charge is 0.326 e. The fraction of sp³-hybridized carbons (Fsp3) is 0.800. The molecule has 0 aromatic carbocycles. The van der Waals surface area contributed by atoms with Crippen LogP contribution in [-0.4, -0.2) is 66.6 Å². The number of carbonyl (C=O) groups is 4. The highest BCUT2D eigenvalue weighted by atomic mass is 16.4. The van der Waals surface area contributed by atoms with Gasteiger partial charge < -0.3 is 38.3 Å². The van der Waals surface area contributed by atoms with E-state index in [2.05, 4.69) is 16.0 Å². The maximum absolute atomic E-state index is 12.8. The molecule has 10 N–H and O–H groups in total. The Morgan fingerprint density at radius 3 is 1.68 bits per heavy atom. The molecule has 0 aromatic heterocycles. The second kappa shape index (κ2) is 16.5. The zero-order chi connectivity index (χ0) is 23.8. The summed E-state index contributed by atoms with van der Waals surface area (Å²) < 4.78 is 0. The van der Waals surface area contributed by atoms with Gasteiger partial charge in [-0.1, -0.05) is 13.8 Å². The summed E-state index contributed by atoms with van der Waals surface area (Å²) in [6.45, 7) is 4.41. The van der Waals surface area contributed by atoms with Crippen LogP contribution in [0.5, 0.6) is 0 Å². The van der Waals surface area contributed by atoms with E-state index in [9.17, 15) is 24.3 Å². The van der Waals surface area contributed by atoms with E-state index in [-0.39, 0.29) is 18.9 Å². The van der Waals surface area contributed by atoms with Crippen LogP contribution < -0.4 is 33.2 Å². The van der Waals surface area contributed by atoms with Crippen molar-refractivity contribution in [1.82, 2.24) is 16.0 Å². The summed E-state index contributed by atoms with van der Waals surface area (Å²) in [4.78, 5) is 48.8. The van der Waals surface area contributed by atoms with Crippen LogP contribution in [0.2, 0.25) is 0 Å². The zero-order valence-corrected chi connectivity index (χ0v) is 18.7. The Hall–Kier alpha value is -2.24. The largest absolute Gasteiger partial charge is 0.480 e. The molecule has 3 amide bonds. The highest BCUT2D eigenvalue weighted by Crippen LogP contribution is 2.08. The van der Waals surface area contributed by atoms with E-state index >= 15 is 0 Å². The van der Waals surface area contributed by atoms with Gasteiger partial charge in [-0.05, 0) is 64.0 Å². The molecule has 0 rings (SSSR count). The first-order valence-electron chi connectivity index (χ1n) is 10.9. The van der Waals surface area contributed by atoms with Gasteiger partial charge in [0.1, 0.15) is 18.1 Å². The lowest BCUT2D eigenvalue weighted by molar-refractivity contribution is -0.142. The zero-order valence-electron chi connectivity index (χ0n) is 18.7. The number of nitrogens with two attached hydrogens (primary N) is 3. The van der Waals surface area contributed by atoms with Gasteiger partial charge in [-0.3, -0.25) is 14.4 Å². The van der Waals surface area contributed by atoms with Crippen molar-refractivity contribution in [1.29, 1.82) is 0 Å². The molecule has 0 aliphatic carbocycles. The Labute approximate surface area is 184 Å². The third kappa shape index (κ3) is 12.9. The number of carboxylic acid groups (broad SMARTS) is 1. The molecule has 0 spiro atoms. The van der Waals surface area contributed by atoms with Gasteiger partial charge in [0.2, 0.25) is 17.7 Å². The van der Waals surface area contributed by atoms with E-state index < -0.39 is 41.8 Å². The maximum Gasteiger partial charge on any atom is 0.326 e. The van der Waals surface area contributed by atoms with Crippen molar-refractivity contribution in [3.63, 3.8) is 0 Å². The number of amides is 3. The van der Waals surface area contributed by atoms with E-state index in [1.165, 1.54) is 0 Å². The van der Waals surface area contributed by atoms with E-state index in [0.717, 1.165) is 0 Å². The summed E-state index contributed by atoms with van der Waals surface area (Å²) in [5.41, 5.74) is 16.3. The van der Waals surface area contributed by atoms with Crippen molar-refractivity contribution < 1.29 is 24.3 Å². The third-order valence-electron chi connectivity index (χ3n) is 4.69. The predicted octanol–water partition coefficient (Wildman–Crippen LogP) is -1.21. The fourth-order valence-corrected chi connectivity index (χ4v) is 3.01. The number of hydrogen-bond donors (Lipinski definition) is 7. The van der Waals surface area contributed by atoms with Crippen LogP contribution in [0.3, 0.4) is 0 Å². The average Bonchev–Trinajstić information content (AvgIpc) is 2.71. The predicted molar refractivity (Wildman–Crippen MR) is 118 cm³/mol. The lowest BCUT2D eigenvalue weighted by atomic mass is 10.0. The molecule has 0 aliphatic rings. The quantitative estimate of drug-likeness (QED) is 0.135. The highest BCUT2D eigenvalue weighted by Gasteiger charge is 2.29. The molecule has 0 fully saturated rings. The molecule has 0 aliphatic heterocycles. The van der Waals surface area contributed by atoms with Crippen LogP contribution in [-0.2, 0) is 19.2 Å². The van der Waals surface area contributed by atoms with Crippen LogP contribution in [0.1, 0.15) is 58.8 Å². The molecule has 31 heavy (non-hydrogen) atoms. The molecular formula is C20H40N6O5. The summed E-state index contributed by atoms with van der Waals surface area (Å²) in [6.07, 6.45) is 3.33. The highest BCUT2D eigenvalue weighted by molar-refractivity contribution is 5.93. The number of carboxylic acids is 1. The van der Waals surface area contributed by atoms with E-state index in [1.807, 2.05) is 13.8 Å². The van der Waals surface area contributed by atoms with E-state index in [1.54, 1.807) is 0 Å². The molecule has 3 atom stereocenters. The molecule has 0 bridgehead atoms. The van der Waals surface area contributed by atoms with Crippen molar-refractivity contribution in [3.05, 3.63) is 0 Å². The van der Waals surface area contributed by atoms with Crippen molar-refractivity contribution >= 4 is 23.7 Å². The van der Waals surface area contributed by atoms with Gasteiger partial charge in [0.05, 0.1) is 6.54 Å². The summed E-state index contributed by atoms with van der Waals surface area (Å²) in [5, 5.41) is 17.1. The molecule has 11 heteroatoms. The van der Waals surface area contributed by atoms with Crippen molar-refractivity contribution in [3.8, 4) is 0 Å². The summed E-state index contributed by atoms with van der Waals surface area (Å²) in [6, 6.07) is -2.86. The topological polar surface area (TPSA) is 203 Å². The summed E-state index contributed by atoms with van der Waals surface area (Å²) >= 11 is 0. The number of unbranched alkanes of at least 4 members (excludes halogenated alkanes) is 2. The molecule has 0 heterocycles. The number of rotatable bonds is 17. The lowest BCUT2D eigenvalue weighted by Gasteiger charge is -2.25. The first kappa shape index (κ1) is 28.8. The van der Waals surface area contributed by atoms with Gasteiger partial charge in [0.25, 0.3) is 0 Å². The second-order valence-corrected chi connectivity index (χ2v) is 7.98. The van der Waals surface area contributed by atoms with Crippen molar-refractivity contribution in [2.75, 3.05) is 19.6 Å². The average molecular weight is 445 g/mol. The monoisotopic (exact) mass is 444 g/mol. The van der Waals surface area contributed by atoms with Gasteiger partial charge in [-0.15, -0.1) is 0 Å². The van der Waals surface area contributed by atoms with Crippen LogP contribution in [0, 0.1) is 5.92 Å². The van der Waals surface area contributed by atoms with Gasteiger partial charge >= 0.3 is 5.97 Å². The van der Waals surface area contributed by atoms with E-state index in [4.69, 9.17) is 17.2 Å². The normalized spacial score (nSPS) is 13.9. The number of carbonyl (C=O) groups excluding carboxylic acids is 3. The number of hydrogen-bond acceptors (Lipinski definition) is 7. The first-order valence-corrected chi connectivity index (χ1v) is 10.9. The molecule has 0 saturated heterocycles. The number of aliphatic carboxylic acids is 1. The minimum Gasteiger partial charge on any atom is -0.480 e. The molecule has 0 saturated carbocycles. The molecule has 0 radical (unpaired) electrons. The van der Waals surface area contributed by atoms with Crippen LogP contribution in [0.4, 0.5) is 0 Å². The van der Waals surface area contributed by atoms with Crippen LogP contribution >= 0.6 is 0 Å². The van der Waals surface area contributed by atoms with Gasteiger partial charge in [0, 0.05) is 0 Å². The Balaban J connectivity index is 5.30. The Bertz CT molecular complexity index is 572. The Morgan fingerprint density at radius 1 is 0.742 bits per heavy atom. The van der Waals surface area contributed by atoms with Gasteiger partial charge in [-0.2, -0.15) is 0 Å². The molecule has 0 aromatic rings. The third-order valence-corrected chi connectivity index (χ3v) is 4.69. The standard InChI is InChI=1S/C20H40N6O5/c1-13(2)11-16(24-17(27)12-23)19(29)25-14(7-3-5-9-21)18(28)26-15(20(30)31)8-4-6-10-22/h13-16H,3-12,21-23H2,1-2H3,(H,24,27)(H,25,29)(H,26,28)(H,30,31)/t14-,15-,16-/m0/s1. The van der Waals surface area contributed by atoms with Crippen molar-refractivity contribution in [2.45, 2.75) is 76.9 Å². The molecule has 180 valence electrons. The minimum atomic E-state index is -1.15. The van der Waals surface area contributed by atoms with Crippen LogP contribution in [0.25, 0.3) is 0 Å². The van der Waals surface area contributed by atoms with Gasteiger partial charge in [0.15, 0.2) is 0 Å². The Kier molecular flexibility index (Phi) is 15.3. The van der Waals surface area contributed by atoms with Crippen LogP contribution in [0.15, 0.2) is 0 Å². The summed E-state index contributed by atoms with van der Waals surface area (Å²) in [5.74, 6) is -2.62. The van der Waals surface area contributed by atoms with Gasteiger partial charge in [-0.25, -0.2) is 4.79 Å². The molecule has 0 unspecified atom stereocenters. The fourth-order valence-electron chi connectivity index (χ4n) is 3.01. The van der Waals surface area contributed by atoms with E-state index in [0.29, 0.717) is 51.6 Å². The minimum absolute atomic E-state index is 0.109. The van der Waals surface area contributed by atoms with Crippen molar-refractivity contribution in [2.24, 2.45) is 23.1 Å². The first-order chi connectivity index (χ1) is 14.7. The molecule has 11 nitrogen and oxygen atoms in total. The maximum atomic E-state index is 12.8. The SMILES string of the molecule is CC(C)C[C@H](NC(=O)CN)C(=O)N[C@@H](CCCCN)C(=O)N[C@@H](CCCCN)C(=O)O. The molecular weight excluding hydrogens is 404 g/mol. The summed E-state index contributed by atoms with van der Waals surface area (Å²) in [7, 11) is 0.